The highest BCUT2D eigenvalue weighted by atomic mass is 32.2. The minimum Gasteiger partial charge on any atom is -0.424 e. The molecule has 0 saturated heterocycles. The van der Waals surface area contributed by atoms with Gasteiger partial charge in [-0.3, -0.25) is 0 Å². The fraction of sp³-hybridized carbons (Fsp3) is 0.286. The predicted molar refractivity (Wildman–Crippen MR) is 76.8 cm³/mol. The molecule has 0 aliphatic carbocycles. The Bertz CT molecular complexity index is 774. The van der Waals surface area contributed by atoms with E-state index in [0.717, 1.165) is 5.56 Å². The molecule has 22 heavy (non-hydrogen) atoms. The van der Waals surface area contributed by atoms with Crippen molar-refractivity contribution >= 4 is 11.8 Å². The Morgan fingerprint density at radius 1 is 1.18 bits per heavy atom. The number of benzene rings is 1. The van der Waals surface area contributed by atoms with Crippen LogP contribution >= 0.6 is 11.8 Å². The van der Waals surface area contributed by atoms with Crippen LogP contribution in [0.2, 0.25) is 0 Å². The summed E-state index contributed by atoms with van der Waals surface area (Å²) in [7, 11) is 0. The fourth-order valence-corrected chi connectivity index (χ4v) is 2.59. The van der Waals surface area contributed by atoms with Gasteiger partial charge in [-0.2, -0.15) is 0 Å². The lowest BCUT2D eigenvalue weighted by Crippen LogP contribution is -1.89. The maximum atomic E-state index is 13.1. The number of aryl methyl sites for hydroxylation is 1. The predicted octanol–water partition coefficient (Wildman–Crippen LogP) is 3.34. The van der Waals surface area contributed by atoms with Gasteiger partial charge in [-0.15, -0.1) is 20.4 Å². The van der Waals surface area contributed by atoms with Crippen molar-refractivity contribution in [2.45, 2.75) is 30.7 Å². The van der Waals surface area contributed by atoms with Crippen molar-refractivity contribution in [2.24, 2.45) is 0 Å². The average Bonchev–Trinajstić information content (AvgIpc) is 3.08. The van der Waals surface area contributed by atoms with Gasteiger partial charge in [-0.1, -0.05) is 23.9 Å². The van der Waals surface area contributed by atoms with Crippen LogP contribution in [0.3, 0.4) is 0 Å². The maximum Gasteiger partial charge on any atom is 0.277 e. The molecule has 0 radical (unpaired) electrons. The summed E-state index contributed by atoms with van der Waals surface area (Å²) >= 11 is 1.33. The van der Waals surface area contributed by atoms with Gasteiger partial charge in [0.1, 0.15) is 5.82 Å². The fourth-order valence-electron chi connectivity index (χ4n) is 1.86. The molecule has 3 rings (SSSR count). The maximum absolute atomic E-state index is 13.1. The second-order valence-electron chi connectivity index (χ2n) is 4.69. The van der Waals surface area contributed by atoms with Crippen LogP contribution in [0.25, 0.3) is 0 Å². The lowest BCUT2D eigenvalue weighted by molar-refractivity contribution is 0.417. The van der Waals surface area contributed by atoms with Crippen molar-refractivity contribution in [2.75, 3.05) is 0 Å². The molecule has 2 aromatic heterocycles. The minimum atomic E-state index is -0.285. The third-order valence-corrected chi connectivity index (χ3v) is 3.78. The molecule has 0 spiro atoms. The van der Waals surface area contributed by atoms with E-state index in [1.165, 1.54) is 23.9 Å². The lowest BCUT2D eigenvalue weighted by Gasteiger charge is -2.01. The number of aromatic nitrogens is 4. The standard InChI is InChI=1S/C14H13FN4O2S/c1-8(13-18-16-9(2)20-13)22-14-19-17-12(21-14)7-10-4-3-5-11(15)6-10/h3-6,8H,7H2,1-2H3/t8-/m1/s1. The van der Waals surface area contributed by atoms with E-state index >= 15 is 0 Å². The number of nitrogens with zero attached hydrogens (tertiary/aromatic N) is 4. The summed E-state index contributed by atoms with van der Waals surface area (Å²) in [5, 5.41) is 16.0. The molecular formula is C14H13FN4O2S. The topological polar surface area (TPSA) is 77.8 Å². The molecule has 2 heterocycles. The third-order valence-electron chi connectivity index (χ3n) is 2.86. The molecule has 8 heteroatoms. The molecule has 1 atom stereocenters. The van der Waals surface area contributed by atoms with Crippen molar-refractivity contribution in [3.05, 3.63) is 53.3 Å². The van der Waals surface area contributed by atoms with Crippen LogP contribution in [-0.2, 0) is 6.42 Å². The van der Waals surface area contributed by atoms with Crippen molar-refractivity contribution in [3.63, 3.8) is 0 Å². The van der Waals surface area contributed by atoms with Gasteiger partial charge in [0, 0.05) is 6.92 Å². The number of thioether (sulfide) groups is 1. The van der Waals surface area contributed by atoms with Gasteiger partial charge in [0.2, 0.25) is 17.7 Å². The first-order valence-corrected chi connectivity index (χ1v) is 7.51. The summed E-state index contributed by atoms with van der Waals surface area (Å²) in [6.45, 7) is 3.64. The van der Waals surface area contributed by atoms with Gasteiger partial charge >= 0.3 is 0 Å². The molecule has 6 nitrogen and oxygen atoms in total. The number of hydrogen-bond donors (Lipinski definition) is 0. The Kier molecular flexibility index (Phi) is 4.19. The third kappa shape index (κ3) is 3.51. The van der Waals surface area contributed by atoms with E-state index in [4.69, 9.17) is 8.83 Å². The van der Waals surface area contributed by atoms with Crippen molar-refractivity contribution < 1.29 is 13.2 Å². The summed E-state index contributed by atoms with van der Waals surface area (Å²) in [5.41, 5.74) is 0.778. The second-order valence-corrected chi connectivity index (χ2v) is 5.98. The normalized spacial score (nSPS) is 12.5. The number of rotatable bonds is 5. The van der Waals surface area contributed by atoms with E-state index in [0.29, 0.717) is 29.3 Å². The molecule has 0 bridgehead atoms. The summed E-state index contributed by atoms with van der Waals surface area (Å²) in [6, 6.07) is 6.30. The van der Waals surface area contributed by atoms with E-state index in [9.17, 15) is 4.39 Å². The Balaban J connectivity index is 1.66. The molecule has 1 aromatic carbocycles. The van der Waals surface area contributed by atoms with Crippen LogP contribution < -0.4 is 0 Å². The Morgan fingerprint density at radius 3 is 2.77 bits per heavy atom. The molecule has 0 aliphatic heterocycles. The molecule has 114 valence electrons. The molecular weight excluding hydrogens is 307 g/mol. The van der Waals surface area contributed by atoms with E-state index in [2.05, 4.69) is 20.4 Å². The Hall–Kier alpha value is -2.22. The quantitative estimate of drug-likeness (QED) is 0.667. The first-order chi connectivity index (χ1) is 10.6. The van der Waals surface area contributed by atoms with Crippen molar-refractivity contribution in [1.29, 1.82) is 0 Å². The summed E-state index contributed by atoms with van der Waals surface area (Å²) < 4.78 is 24.1. The monoisotopic (exact) mass is 320 g/mol. The molecule has 0 unspecified atom stereocenters. The highest BCUT2D eigenvalue weighted by Crippen LogP contribution is 2.33. The lowest BCUT2D eigenvalue weighted by atomic mass is 10.1. The zero-order chi connectivity index (χ0) is 15.5. The largest absolute Gasteiger partial charge is 0.424 e. The Morgan fingerprint density at radius 2 is 2.05 bits per heavy atom. The van der Waals surface area contributed by atoms with Crippen molar-refractivity contribution in [3.8, 4) is 0 Å². The second kappa shape index (κ2) is 6.27. The van der Waals surface area contributed by atoms with E-state index in [-0.39, 0.29) is 11.1 Å². The summed E-state index contributed by atoms with van der Waals surface area (Å²) in [4.78, 5) is 0. The molecule has 0 fully saturated rings. The first kappa shape index (κ1) is 14.7. The SMILES string of the molecule is Cc1nnc([C@@H](C)Sc2nnc(Cc3cccc(F)c3)o2)o1. The summed E-state index contributed by atoms with van der Waals surface area (Å²) in [6.07, 6.45) is 0.388. The van der Waals surface area contributed by atoms with Crippen LogP contribution in [0.4, 0.5) is 4.39 Å². The van der Waals surface area contributed by atoms with Gasteiger partial charge in [-0.05, 0) is 24.6 Å². The molecule has 0 amide bonds. The van der Waals surface area contributed by atoms with E-state index in [1.54, 1.807) is 13.0 Å². The number of hydrogen-bond acceptors (Lipinski definition) is 7. The van der Waals surface area contributed by atoms with Gasteiger partial charge in [0.15, 0.2) is 0 Å². The highest BCUT2D eigenvalue weighted by Gasteiger charge is 2.18. The molecule has 3 aromatic rings. The molecule has 0 aliphatic rings. The van der Waals surface area contributed by atoms with Gasteiger partial charge in [-0.25, -0.2) is 4.39 Å². The summed E-state index contributed by atoms with van der Waals surface area (Å²) in [5.74, 6) is 1.17. The smallest absolute Gasteiger partial charge is 0.277 e. The van der Waals surface area contributed by atoms with Gasteiger partial charge < -0.3 is 8.83 Å². The molecule has 0 N–H and O–H groups in total. The highest BCUT2D eigenvalue weighted by molar-refractivity contribution is 7.99. The zero-order valence-electron chi connectivity index (χ0n) is 12.0. The van der Waals surface area contributed by atoms with E-state index in [1.807, 2.05) is 13.0 Å². The zero-order valence-corrected chi connectivity index (χ0v) is 12.8. The van der Waals surface area contributed by atoms with Crippen LogP contribution in [-0.4, -0.2) is 20.4 Å². The van der Waals surface area contributed by atoms with Crippen LogP contribution in [0.1, 0.15) is 35.4 Å². The minimum absolute atomic E-state index is 0.0938. The average molecular weight is 320 g/mol. The molecule has 0 saturated carbocycles. The van der Waals surface area contributed by atoms with Gasteiger partial charge in [0.05, 0.1) is 11.7 Å². The van der Waals surface area contributed by atoms with Crippen molar-refractivity contribution in [1.82, 2.24) is 20.4 Å². The first-order valence-electron chi connectivity index (χ1n) is 6.63. The van der Waals surface area contributed by atoms with Crippen LogP contribution in [0, 0.1) is 12.7 Å². The van der Waals surface area contributed by atoms with Crippen LogP contribution in [0.15, 0.2) is 38.3 Å². The van der Waals surface area contributed by atoms with Crippen LogP contribution in [0.5, 0.6) is 0 Å². The van der Waals surface area contributed by atoms with Gasteiger partial charge in [0.25, 0.3) is 5.22 Å². The van der Waals surface area contributed by atoms with E-state index < -0.39 is 0 Å². The number of halogens is 1. The Labute approximate surface area is 130 Å².